The molecule has 104 valence electrons. The van der Waals surface area contributed by atoms with Gasteiger partial charge in [0.25, 0.3) is 11.6 Å². The minimum atomic E-state index is -0.398. The van der Waals surface area contributed by atoms with E-state index in [2.05, 4.69) is 4.98 Å². The molecule has 0 aliphatic carbocycles. The van der Waals surface area contributed by atoms with Gasteiger partial charge in [0, 0.05) is 21.1 Å². The molecule has 19 heavy (non-hydrogen) atoms. The maximum Gasteiger partial charge on any atom is 0.332 e. The van der Waals surface area contributed by atoms with E-state index in [1.165, 1.54) is 11.6 Å². The van der Waals surface area contributed by atoms with Crippen LogP contribution in [0.2, 0.25) is 0 Å². The van der Waals surface area contributed by atoms with Crippen molar-refractivity contribution < 1.29 is 4.74 Å². The highest BCUT2D eigenvalue weighted by Gasteiger charge is 2.18. The minimum Gasteiger partial charge on any atom is -0.462 e. The third kappa shape index (κ3) is 1.94. The molecule has 0 N–H and O–H groups in total. The molecule has 0 aromatic carbocycles. The summed E-state index contributed by atoms with van der Waals surface area (Å²) in [5, 5.41) is 0. The molecular weight excluding hydrogens is 248 g/mol. The van der Waals surface area contributed by atoms with Gasteiger partial charge in [-0.3, -0.25) is 18.5 Å². The normalized spacial score (nSPS) is 12.9. The van der Waals surface area contributed by atoms with Crippen LogP contribution in [0.3, 0.4) is 0 Å². The first-order chi connectivity index (χ1) is 8.88. The van der Waals surface area contributed by atoms with Gasteiger partial charge in [-0.25, -0.2) is 4.79 Å². The predicted molar refractivity (Wildman–Crippen MR) is 71.6 cm³/mol. The molecule has 0 aliphatic rings. The zero-order valence-corrected chi connectivity index (χ0v) is 11.8. The molecule has 1 atom stereocenters. The lowest BCUT2D eigenvalue weighted by atomic mass is 10.3. The highest BCUT2D eigenvalue weighted by atomic mass is 16.5. The molecule has 2 aromatic rings. The van der Waals surface area contributed by atoms with Crippen LogP contribution in [0.4, 0.5) is 0 Å². The molecule has 7 heteroatoms. The van der Waals surface area contributed by atoms with Crippen LogP contribution < -0.4 is 16.0 Å². The molecule has 0 bridgehead atoms. The minimum absolute atomic E-state index is 0.00334. The summed E-state index contributed by atoms with van der Waals surface area (Å²) in [6, 6.07) is 0.350. The van der Waals surface area contributed by atoms with Gasteiger partial charge in [0.15, 0.2) is 11.2 Å². The molecule has 0 amide bonds. The third-order valence-corrected chi connectivity index (χ3v) is 3.32. The molecule has 0 fully saturated rings. The smallest absolute Gasteiger partial charge is 0.332 e. The van der Waals surface area contributed by atoms with Gasteiger partial charge < -0.3 is 4.74 Å². The summed E-state index contributed by atoms with van der Waals surface area (Å²) in [7, 11) is 4.75. The first-order valence-corrected chi connectivity index (χ1v) is 6.17. The number of hydrogen-bond acceptors (Lipinski definition) is 4. The average molecular weight is 266 g/mol. The van der Waals surface area contributed by atoms with E-state index in [-0.39, 0.29) is 11.7 Å². The first-order valence-electron chi connectivity index (χ1n) is 6.17. The maximum atomic E-state index is 12.1. The molecule has 0 radical (unpaired) electrons. The van der Waals surface area contributed by atoms with Crippen LogP contribution in [-0.2, 0) is 21.1 Å². The number of fused-ring (bicyclic) bond motifs is 1. The second-order valence-corrected chi connectivity index (χ2v) is 4.67. The zero-order valence-electron chi connectivity index (χ0n) is 11.8. The van der Waals surface area contributed by atoms with Crippen molar-refractivity contribution in [3.63, 3.8) is 0 Å². The summed E-state index contributed by atoms with van der Waals surface area (Å²) in [4.78, 5) is 28.2. The lowest BCUT2D eigenvalue weighted by Crippen LogP contribution is -2.37. The van der Waals surface area contributed by atoms with Gasteiger partial charge >= 0.3 is 5.69 Å². The van der Waals surface area contributed by atoms with Gasteiger partial charge in [0.05, 0.1) is 6.10 Å². The second-order valence-electron chi connectivity index (χ2n) is 4.67. The number of nitrogens with zero attached hydrogens (tertiary/aromatic N) is 4. The Bertz CT molecular complexity index is 738. The van der Waals surface area contributed by atoms with Gasteiger partial charge in [-0.15, -0.1) is 0 Å². The van der Waals surface area contributed by atoms with Crippen LogP contribution in [-0.4, -0.2) is 24.8 Å². The van der Waals surface area contributed by atoms with E-state index in [0.29, 0.717) is 17.2 Å². The van der Waals surface area contributed by atoms with Crippen molar-refractivity contribution in [3.8, 4) is 6.01 Å². The second kappa shape index (κ2) is 4.56. The van der Waals surface area contributed by atoms with Gasteiger partial charge in [-0.2, -0.15) is 4.98 Å². The number of rotatable bonds is 3. The summed E-state index contributed by atoms with van der Waals surface area (Å²) in [6.07, 6.45) is 0.830. The summed E-state index contributed by atoms with van der Waals surface area (Å²) < 4.78 is 9.66. The first kappa shape index (κ1) is 13.4. The Kier molecular flexibility index (Phi) is 3.21. The summed E-state index contributed by atoms with van der Waals surface area (Å²) in [5.74, 6) is 0. The predicted octanol–water partition coefficient (Wildman–Crippen LogP) is 0.148. The zero-order chi connectivity index (χ0) is 14.3. The standard InChI is InChI=1S/C12H18N4O3/c1-6-7(2)19-11-13-9-8(14(11)3)10(17)16(5)12(18)15(9)4/h7H,6H2,1-5H3/t7-/m1/s1. The number of hydrogen-bond donors (Lipinski definition) is 0. The van der Waals surface area contributed by atoms with Crippen molar-refractivity contribution in [1.82, 2.24) is 18.7 Å². The molecule has 0 spiro atoms. The summed E-state index contributed by atoms with van der Waals surface area (Å²) in [5.41, 5.74) is -0.0606. The van der Waals surface area contributed by atoms with Crippen molar-refractivity contribution in [1.29, 1.82) is 0 Å². The fourth-order valence-electron chi connectivity index (χ4n) is 1.87. The van der Waals surface area contributed by atoms with E-state index in [4.69, 9.17) is 4.74 Å². The van der Waals surface area contributed by atoms with E-state index in [1.54, 1.807) is 18.7 Å². The summed E-state index contributed by atoms with van der Waals surface area (Å²) in [6.45, 7) is 3.93. The van der Waals surface area contributed by atoms with Crippen LogP contribution in [0.5, 0.6) is 6.01 Å². The van der Waals surface area contributed by atoms with Crippen molar-refractivity contribution >= 4 is 11.2 Å². The summed E-state index contributed by atoms with van der Waals surface area (Å²) >= 11 is 0. The van der Waals surface area contributed by atoms with E-state index < -0.39 is 5.69 Å². The molecule has 0 aliphatic heterocycles. The van der Waals surface area contributed by atoms with E-state index in [0.717, 1.165) is 11.0 Å². The molecule has 2 rings (SSSR count). The van der Waals surface area contributed by atoms with Gasteiger partial charge in [0.2, 0.25) is 0 Å². The Balaban J connectivity index is 2.77. The van der Waals surface area contributed by atoms with Gasteiger partial charge in [0.1, 0.15) is 0 Å². The molecule has 2 heterocycles. The Morgan fingerprint density at radius 3 is 2.37 bits per heavy atom. The fourth-order valence-corrected chi connectivity index (χ4v) is 1.87. The number of ether oxygens (including phenoxy) is 1. The van der Waals surface area contributed by atoms with Crippen LogP contribution >= 0.6 is 0 Å². The Morgan fingerprint density at radius 1 is 1.16 bits per heavy atom. The van der Waals surface area contributed by atoms with Crippen LogP contribution in [0.1, 0.15) is 20.3 Å². The van der Waals surface area contributed by atoms with E-state index in [1.807, 2.05) is 13.8 Å². The third-order valence-electron chi connectivity index (χ3n) is 3.32. The van der Waals surface area contributed by atoms with Crippen molar-refractivity contribution in [2.75, 3.05) is 0 Å². The van der Waals surface area contributed by atoms with E-state index in [9.17, 15) is 9.59 Å². The lowest BCUT2D eigenvalue weighted by molar-refractivity contribution is 0.194. The molecule has 7 nitrogen and oxygen atoms in total. The average Bonchev–Trinajstić information content (AvgIpc) is 2.71. The topological polar surface area (TPSA) is 71.1 Å². The Labute approximate surface area is 110 Å². The number of aromatic nitrogens is 4. The Morgan fingerprint density at radius 2 is 1.79 bits per heavy atom. The lowest BCUT2D eigenvalue weighted by Gasteiger charge is -2.10. The largest absolute Gasteiger partial charge is 0.462 e. The SMILES string of the molecule is CC[C@@H](C)Oc1nc2c(c(=O)n(C)c(=O)n2C)n1C. The highest BCUT2D eigenvalue weighted by molar-refractivity contribution is 5.71. The monoisotopic (exact) mass is 266 g/mol. The molecule has 0 saturated carbocycles. The van der Waals surface area contributed by atoms with Crippen molar-refractivity contribution in [2.24, 2.45) is 21.1 Å². The van der Waals surface area contributed by atoms with Crippen LogP contribution in [0.15, 0.2) is 9.59 Å². The number of imidazole rings is 1. The quantitative estimate of drug-likeness (QED) is 0.792. The highest BCUT2D eigenvalue weighted by Crippen LogP contribution is 2.17. The molecule has 0 unspecified atom stereocenters. The maximum absolute atomic E-state index is 12.1. The van der Waals surface area contributed by atoms with Gasteiger partial charge in [-0.05, 0) is 13.3 Å². The van der Waals surface area contributed by atoms with E-state index >= 15 is 0 Å². The molecular formula is C12H18N4O3. The van der Waals surface area contributed by atoms with Crippen LogP contribution in [0.25, 0.3) is 11.2 Å². The molecule has 0 saturated heterocycles. The van der Waals surface area contributed by atoms with Gasteiger partial charge in [-0.1, -0.05) is 6.92 Å². The van der Waals surface area contributed by atoms with Crippen LogP contribution in [0, 0.1) is 0 Å². The fraction of sp³-hybridized carbons (Fsp3) is 0.583. The Hall–Kier alpha value is -2.05. The van der Waals surface area contributed by atoms with Crippen molar-refractivity contribution in [3.05, 3.63) is 20.8 Å². The van der Waals surface area contributed by atoms with Crippen molar-refractivity contribution in [2.45, 2.75) is 26.4 Å². The molecule has 2 aromatic heterocycles. The number of aryl methyl sites for hydroxylation is 2.